The molecule has 0 amide bonds. The molecular weight excluding hydrogens is 1090 g/mol. The molecule has 6 aliphatic heterocycles. The average Bonchev–Trinajstić information content (AvgIpc) is 4.10. The summed E-state index contributed by atoms with van der Waals surface area (Å²) in [6, 6.07) is 18.3. The molecule has 0 unspecified atom stereocenters. The first-order valence-corrected chi connectivity index (χ1v) is 35.6. The van der Waals surface area contributed by atoms with Crippen molar-refractivity contribution in [3.8, 4) is 0 Å². The number of fused-ring (bicyclic) bond motifs is 2. The Morgan fingerprint density at radius 3 is 0.860 bits per heavy atom. The molecule has 3 aromatic rings. The van der Waals surface area contributed by atoms with Crippen molar-refractivity contribution in [3.05, 3.63) is 118 Å². The number of hydrogen-bond donors (Lipinski definition) is 0. The molecule has 0 atom stereocenters. The Morgan fingerprint density at radius 2 is 0.526 bits per heavy atom. The van der Waals surface area contributed by atoms with Crippen LogP contribution in [0.5, 0.6) is 0 Å². The van der Waals surface area contributed by atoms with Gasteiger partial charge in [-0.3, -0.25) is 0 Å². The molecule has 3 aromatic carbocycles. The lowest BCUT2D eigenvalue weighted by Gasteiger charge is -2.12. The van der Waals surface area contributed by atoms with E-state index in [2.05, 4.69) is 86.1 Å². The van der Waals surface area contributed by atoms with Gasteiger partial charge in [-0.15, -0.1) is 94.1 Å². The Kier molecular flexibility index (Phi) is 16.5. The predicted octanol–water partition coefficient (Wildman–Crippen LogP) is 18.5. The van der Waals surface area contributed by atoms with Crippen LogP contribution in [0.2, 0.25) is 0 Å². The zero-order valence-corrected chi connectivity index (χ0v) is 46.8. The van der Waals surface area contributed by atoms with E-state index in [1.165, 1.54) is 99.8 Å². The van der Waals surface area contributed by atoms with E-state index in [1.54, 1.807) is 0 Å². The average molecular weight is 1110 g/mol. The van der Waals surface area contributed by atoms with Gasteiger partial charge in [0.25, 0.3) is 0 Å². The van der Waals surface area contributed by atoms with Crippen LogP contribution in [-0.2, 0) is 0 Å². The van der Waals surface area contributed by atoms with E-state index in [1.807, 2.05) is 235 Å². The summed E-state index contributed by atoms with van der Waals surface area (Å²) in [5, 5.41) is 9.20. The summed E-state index contributed by atoms with van der Waals surface area (Å²) >= 11 is 39.0. The van der Waals surface area contributed by atoms with Crippen molar-refractivity contribution in [1.82, 2.24) is 0 Å². The molecule has 0 spiro atoms. The lowest BCUT2D eigenvalue weighted by atomic mass is 9.99. The highest BCUT2D eigenvalue weighted by Gasteiger charge is 2.36. The van der Waals surface area contributed by atoms with Gasteiger partial charge >= 0.3 is 0 Å². The summed E-state index contributed by atoms with van der Waals surface area (Å²) in [7, 11) is 0. The number of rotatable bonds is 10. The maximum Gasteiger partial charge on any atom is 0.0718 e. The minimum atomic E-state index is 1.01. The molecule has 0 nitrogen and oxygen atoms in total. The van der Waals surface area contributed by atoms with Crippen molar-refractivity contribution >= 4 is 265 Å². The zero-order valence-electron chi connectivity index (χ0n) is 30.5. The van der Waals surface area contributed by atoms with E-state index in [0.717, 1.165) is 5.08 Å². The van der Waals surface area contributed by atoms with Gasteiger partial charge in [0.2, 0.25) is 0 Å². The standard InChI is InChI=1S/C37H28S20/c1-38-24-25(39-2)51-34(50-24)36-54-29(43-6)31(55-36)45-15-44-30-28(42-5)46-22(47-30)20-16-11-7-9-13-18(16)21(19-14-10-8-12-17(19)20)23-48-32-33(49-23)57-37(56-32)35-52-26(40-3)27(41-4)53-35/h7-14H,15H2,1-6H3. The first-order chi connectivity index (χ1) is 27.9. The van der Waals surface area contributed by atoms with Crippen molar-refractivity contribution in [2.45, 2.75) is 0 Å². The van der Waals surface area contributed by atoms with Gasteiger partial charge in [-0.05, 0) is 59.1 Å². The number of thioether (sulfide) groups is 20. The van der Waals surface area contributed by atoms with Crippen LogP contribution in [0.4, 0.5) is 0 Å². The molecule has 0 saturated heterocycles. The molecule has 0 aliphatic carbocycles. The Morgan fingerprint density at radius 1 is 0.298 bits per heavy atom. The molecule has 57 heavy (non-hydrogen) atoms. The smallest absolute Gasteiger partial charge is 0.0718 e. The minimum absolute atomic E-state index is 1.01. The van der Waals surface area contributed by atoms with Crippen LogP contribution in [-0.4, -0.2) is 42.6 Å². The fourth-order valence-corrected chi connectivity index (χ4v) is 34.4. The van der Waals surface area contributed by atoms with Crippen LogP contribution in [0.3, 0.4) is 0 Å². The van der Waals surface area contributed by atoms with Gasteiger partial charge in [0, 0.05) is 15.5 Å². The Hall–Kier alpha value is 3.10. The van der Waals surface area contributed by atoms with E-state index in [0.29, 0.717) is 0 Å². The summed E-state index contributed by atoms with van der Waals surface area (Å²) < 4.78 is 23.0. The van der Waals surface area contributed by atoms with Crippen LogP contribution in [0.1, 0.15) is 0 Å². The van der Waals surface area contributed by atoms with E-state index >= 15 is 0 Å². The van der Waals surface area contributed by atoms with Gasteiger partial charge in [0.05, 0.1) is 67.8 Å². The third-order valence-electron chi connectivity index (χ3n) is 8.22. The second kappa shape index (κ2) is 20.7. The summed E-state index contributed by atoms with van der Waals surface area (Å²) in [5.74, 6) is 0. The highest BCUT2D eigenvalue weighted by molar-refractivity contribution is 8.53. The van der Waals surface area contributed by atoms with Crippen molar-refractivity contribution < 1.29 is 0 Å². The van der Waals surface area contributed by atoms with E-state index in [9.17, 15) is 0 Å². The van der Waals surface area contributed by atoms with Gasteiger partial charge in [0.15, 0.2) is 0 Å². The Balaban J connectivity index is 0.979. The molecule has 0 radical (unpaired) electrons. The molecule has 6 aliphatic rings. The van der Waals surface area contributed by atoms with Crippen molar-refractivity contribution in [2.75, 3.05) is 42.6 Å². The third-order valence-corrected chi connectivity index (χ3v) is 36.2. The molecular formula is C37H28S20. The number of hydrogen-bond acceptors (Lipinski definition) is 20. The molecule has 20 heteroatoms. The first-order valence-electron chi connectivity index (χ1n) is 16.5. The van der Waals surface area contributed by atoms with E-state index in [4.69, 9.17) is 0 Å². The molecule has 0 N–H and O–H groups in total. The van der Waals surface area contributed by atoms with Crippen molar-refractivity contribution in [2.24, 2.45) is 0 Å². The Labute approximate surface area is 419 Å². The molecule has 296 valence electrons. The molecule has 0 saturated carbocycles. The van der Waals surface area contributed by atoms with Gasteiger partial charge in [-0.25, -0.2) is 0 Å². The topological polar surface area (TPSA) is 0 Å². The van der Waals surface area contributed by atoms with E-state index < -0.39 is 0 Å². The van der Waals surface area contributed by atoms with Gasteiger partial charge in [0.1, 0.15) is 0 Å². The highest BCUT2D eigenvalue weighted by Crippen LogP contribution is 2.71. The maximum absolute atomic E-state index is 2.36. The summed E-state index contributed by atoms with van der Waals surface area (Å²) in [5.41, 5.74) is 0. The third kappa shape index (κ3) is 9.41. The molecule has 0 aromatic heterocycles. The first kappa shape index (κ1) is 45.3. The van der Waals surface area contributed by atoms with Gasteiger partial charge < -0.3 is 0 Å². The van der Waals surface area contributed by atoms with Crippen molar-refractivity contribution in [3.63, 3.8) is 0 Å². The lowest BCUT2D eigenvalue weighted by molar-refractivity contribution is 1.69. The fourth-order valence-electron chi connectivity index (χ4n) is 5.85. The van der Waals surface area contributed by atoms with Crippen LogP contribution >= 0.6 is 235 Å². The lowest BCUT2D eigenvalue weighted by Crippen LogP contribution is -2.16. The Bertz CT molecular complexity index is 2450. The molecule has 0 fully saturated rings. The SMILES string of the molecule is CSC1=C(SC)SC(=C2SC(SC)=C(SCSC3=C(SC)SC(=c4c5ccccc5c(=C5SC6=C(SC(=C7SC(SC)=C(SC)S7)S6)S5)c5ccccc45)S3)S2)S1. The quantitative estimate of drug-likeness (QED) is 0.140. The minimum Gasteiger partial charge on any atom is -0.121 e. The fraction of sp³-hybridized carbons (Fsp3) is 0.189. The molecule has 9 rings (SSSR count). The molecule has 0 bridgehead atoms. The largest absolute Gasteiger partial charge is 0.121 e. The zero-order chi connectivity index (χ0) is 39.2. The van der Waals surface area contributed by atoms with Gasteiger partial charge in [-0.2, -0.15) is 0 Å². The van der Waals surface area contributed by atoms with Crippen molar-refractivity contribution in [1.29, 1.82) is 0 Å². The van der Waals surface area contributed by atoms with Crippen LogP contribution in [0.25, 0.3) is 30.0 Å². The van der Waals surface area contributed by atoms with Crippen LogP contribution in [0, 0.1) is 0 Å². The highest BCUT2D eigenvalue weighted by atomic mass is 32.3. The maximum atomic E-state index is 2.36. The summed E-state index contributed by atoms with van der Waals surface area (Å²) in [6.07, 6.45) is 13.3. The monoisotopic (exact) mass is 1110 g/mol. The van der Waals surface area contributed by atoms with Crippen LogP contribution < -0.4 is 10.4 Å². The summed E-state index contributed by atoms with van der Waals surface area (Å²) in [4.78, 5) is 0. The summed E-state index contributed by atoms with van der Waals surface area (Å²) in [6.45, 7) is 0. The van der Waals surface area contributed by atoms with E-state index in [-0.39, 0.29) is 0 Å². The second-order valence-corrected chi connectivity index (χ2v) is 34.9. The van der Waals surface area contributed by atoms with Gasteiger partial charge in [-0.1, -0.05) is 190 Å². The molecule has 6 heterocycles. The predicted molar refractivity (Wildman–Crippen MR) is 309 cm³/mol. The van der Waals surface area contributed by atoms with Crippen LogP contribution in [0.15, 0.2) is 108 Å². The normalized spacial score (nSPS) is 20.4. The second-order valence-electron chi connectivity index (χ2n) is 11.3. The number of benzene rings is 3.